The lowest BCUT2D eigenvalue weighted by molar-refractivity contribution is 0.415. The second-order valence-corrected chi connectivity index (χ2v) is 8.36. The van der Waals surface area contributed by atoms with Gasteiger partial charge in [0.2, 0.25) is 0 Å². The first-order chi connectivity index (χ1) is 14.3. The van der Waals surface area contributed by atoms with Crippen molar-refractivity contribution in [2.45, 2.75) is 37.2 Å². The van der Waals surface area contributed by atoms with Gasteiger partial charge < -0.3 is 9.15 Å². The summed E-state index contributed by atoms with van der Waals surface area (Å²) in [6.07, 6.45) is 3.83. The number of rotatable bonds is 9. The van der Waals surface area contributed by atoms with Crippen molar-refractivity contribution in [3.63, 3.8) is 0 Å². The van der Waals surface area contributed by atoms with Crippen molar-refractivity contribution in [2.24, 2.45) is 0 Å². The van der Waals surface area contributed by atoms with Gasteiger partial charge in [-0.15, -0.1) is 21.5 Å². The number of furan rings is 1. The highest BCUT2D eigenvalue weighted by Gasteiger charge is 2.17. The molecule has 8 heteroatoms. The number of aryl methyl sites for hydroxylation is 1. The summed E-state index contributed by atoms with van der Waals surface area (Å²) in [5.74, 6) is 3.19. The summed E-state index contributed by atoms with van der Waals surface area (Å²) in [5.41, 5.74) is 2.04. The van der Waals surface area contributed by atoms with Crippen molar-refractivity contribution in [1.82, 2.24) is 19.7 Å². The molecular weight excluding hydrogens is 404 g/mol. The maximum Gasteiger partial charge on any atom is 0.192 e. The second kappa shape index (κ2) is 9.28. The minimum atomic E-state index is 0.563. The molecule has 0 aliphatic rings. The van der Waals surface area contributed by atoms with Crippen LogP contribution in [0.15, 0.2) is 57.6 Å². The average Bonchev–Trinajstić information content (AvgIpc) is 3.49. The van der Waals surface area contributed by atoms with Gasteiger partial charge in [0.25, 0.3) is 0 Å². The number of hydrogen-bond donors (Lipinski definition) is 0. The minimum Gasteiger partial charge on any atom is -0.497 e. The molecule has 3 heterocycles. The van der Waals surface area contributed by atoms with Gasteiger partial charge in [0.05, 0.1) is 30.6 Å². The first-order valence-corrected chi connectivity index (χ1v) is 11.3. The number of aromatic nitrogens is 4. The quantitative estimate of drug-likeness (QED) is 0.339. The number of thiazole rings is 1. The van der Waals surface area contributed by atoms with E-state index in [0.29, 0.717) is 6.54 Å². The molecule has 6 nitrogen and oxygen atoms in total. The zero-order valence-electron chi connectivity index (χ0n) is 16.4. The molecular formula is C21H22N4O2S2. The van der Waals surface area contributed by atoms with E-state index in [1.165, 1.54) is 5.01 Å². The Labute approximate surface area is 178 Å². The van der Waals surface area contributed by atoms with Crippen LogP contribution in [0.5, 0.6) is 5.75 Å². The van der Waals surface area contributed by atoms with Crippen molar-refractivity contribution in [3.05, 3.63) is 64.5 Å². The van der Waals surface area contributed by atoms with Crippen LogP contribution in [0.25, 0.3) is 11.4 Å². The molecule has 0 aliphatic carbocycles. The molecule has 0 spiro atoms. The fourth-order valence-electron chi connectivity index (χ4n) is 2.95. The normalized spacial score (nSPS) is 11.1. The van der Waals surface area contributed by atoms with Gasteiger partial charge in [-0.2, -0.15) is 0 Å². The maximum absolute atomic E-state index is 5.57. The molecule has 0 unspecified atom stereocenters. The molecule has 0 bridgehead atoms. The smallest absolute Gasteiger partial charge is 0.192 e. The number of ether oxygens (including phenoxy) is 1. The maximum atomic E-state index is 5.57. The second-order valence-electron chi connectivity index (χ2n) is 6.47. The van der Waals surface area contributed by atoms with Crippen LogP contribution in [0.4, 0.5) is 0 Å². The summed E-state index contributed by atoms with van der Waals surface area (Å²) in [7, 11) is 1.66. The number of benzene rings is 1. The first-order valence-electron chi connectivity index (χ1n) is 9.43. The van der Waals surface area contributed by atoms with E-state index in [1.54, 1.807) is 36.5 Å². The summed E-state index contributed by atoms with van der Waals surface area (Å²) in [6.45, 7) is 2.74. The van der Waals surface area contributed by atoms with Gasteiger partial charge in [-0.1, -0.05) is 30.8 Å². The Bertz CT molecular complexity index is 1060. The van der Waals surface area contributed by atoms with Crippen LogP contribution in [0.1, 0.15) is 29.8 Å². The molecule has 29 heavy (non-hydrogen) atoms. The van der Waals surface area contributed by atoms with Crippen LogP contribution in [-0.4, -0.2) is 26.9 Å². The van der Waals surface area contributed by atoms with Crippen LogP contribution in [0.3, 0.4) is 0 Å². The molecule has 0 atom stereocenters. The Morgan fingerprint density at radius 3 is 2.93 bits per heavy atom. The molecule has 1 aromatic carbocycles. The third kappa shape index (κ3) is 4.71. The molecule has 150 valence electrons. The van der Waals surface area contributed by atoms with Crippen molar-refractivity contribution in [2.75, 3.05) is 7.11 Å². The van der Waals surface area contributed by atoms with Crippen LogP contribution in [-0.2, 0) is 18.7 Å². The van der Waals surface area contributed by atoms with E-state index in [1.807, 2.05) is 36.4 Å². The highest BCUT2D eigenvalue weighted by Crippen LogP contribution is 2.29. The lowest BCUT2D eigenvalue weighted by atomic mass is 10.2. The van der Waals surface area contributed by atoms with Gasteiger partial charge in [0.1, 0.15) is 11.5 Å². The molecule has 3 aromatic heterocycles. The Balaban J connectivity index is 1.61. The van der Waals surface area contributed by atoms with Crippen LogP contribution < -0.4 is 4.74 Å². The van der Waals surface area contributed by atoms with Crippen molar-refractivity contribution >= 4 is 23.1 Å². The average molecular weight is 427 g/mol. The van der Waals surface area contributed by atoms with Crippen LogP contribution in [0.2, 0.25) is 0 Å². The summed E-state index contributed by atoms with van der Waals surface area (Å²) in [4.78, 5) is 4.71. The summed E-state index contributed by atoms with van der Waals surface area (Å²) in [6, 6.07) is 11.7. The lowest BCUT2D eigenvalue weighted by Gasteiger charge is -2.09. The number of thioether (sulfide) groups is 1. The largest absolute Gasteiger partial charge is 0.497 e. The lowest BCUT2D eigenvalue weighted by Crippen LogP contribution is -2.03. The number of nitrogens with zero attached hydrogens (tertiary/aromatic N) is 4. The summed E-state index contributed by atoms with van der Waals surface area (Å²) >= 11 is 3.37. The Kier molecular flexibility index (Phi) is 6.31. The molecule has 0 amide bonds. The van der Waals surface area contributed by atoms with Gasteiger partial charge in [-0.05, 0) is 37.1 Å². The van der Waals surface area contributed by atoms with E-state index < -0.39 is 0 Å². The van der Waals surface area contributed by atoms with E-state index in [-0.39, 0.29) is 0 Å². The molecule has 0 saturated carbocycles. The van der Waals surface area contributed by atoms with Gasteiger partial charge in [-0.3, -0.25) is 4.57 Å². The van der Waals surface area contributed by atoms with E-state index in [4.69, 9.17) is 14.1 Å². The van der Waals surface area contributed by atoms with E-state index in [2.05, 4.69) is 27.1 Å². The Hall–Kier alpha value is -2.58. The number of hydrogen-bond acceptors (Lipinski definition) is 7. The third-order valence-electron chi connectivity index (χ3n) is 4.35. The van der Waals surface area contributed by atoms with Crippen LogP contribution in [0, 0.1) is 0 Å². The van der Waals surface area contributed by atoms with Gasteiger partial charge in [-0.25, -0.2) is 4.98 Å². The highest BCUT2D eigenvalue weighted by atomic mass is 32.2. The van der Waals surface area contributed by atoms with E-state index in [0.717, 1.165) is 52.3 Å². The summed E-state index contributed by atoms with van der Waals surface area (Å²) < 4.78 is 13.0. The zero-order chi connectivity index (χ0) is 20.1. The van der Waals surface area contributed by atoms with Gasteiger partial charge in [0, 0.05) is 16.7 Å². The predicted octanol–water partition coefficient (Wildman–Crippen LogP) is 5.30. The standard InChI is InChI=1S/C21H22N4O2S2/c1-3-6-19-22-16(13-28-19)14-29-21-24-23-20(15-7-4-8-17(11-15)26-2)25(21)12-18-9-5-10-27-18/h4-5,7-11,13H,3,6,12,14H2,1-2H3. The third-order valence-corrected chi connectivity index (χ3v) is 6.31. The molecule has 0 aliphatic heterocycles. The minimum absolute atomic E-state index is 0.563. The highest BCUT2D eigenvalue weighted by molar-refractivity contribution is 7.98. The fourth-order valence-corrected chi connectivity index (χ4v) is 4.79. The topological polar surface area (TPSA) is 66.0 Å². The molecule has 0 fully saturated rings. The zero-order valence-corrected chi connectivity index (χ0v) is 18.0. The monoisotopic (exact) mass is 426 g/mol. The van der Waals surface area contributed by atoms with E-state index in [9.17, 15) is 0 Å². The SMILES string of the molecule is CCCc1nc(CSc2nnc(-c3cccc(OC)c3)n2Cc2ccco2)cs1. The van der Waals surface area contributed by atoms with Gasteiger partial charge >= 0.3 is 0 Å². The molecule has 4 rings (SSSR count). The molecule has 0 N–H and O–H groups in total. The van der Waals surface area contributed by atoms with Crippen molar-refractivity contribution in [1.29, 1.82) is 0 Å². The molecule has 0 saturated heterocycles. The predicted molar refractivity (Wildman–Crippen MR) is 115 cm³/mol. The molecule has 0 radical (unpaired) electrons. The first kappa shape index (κ1) is 19.7. The Morgan fingerprint density at radius 1 is 1.21 bits per heavy atom. The van der Waals surface area contributed by atoms with Crippen molar-refractivity contribution in [3.8, 4) is 17.1 Å². The fraction of sp³-hybridized carbons (Fsp3) is 0.286. The Morgan fingerprint density at radius 2 is 2.14 bits per heavy atom. The van der Waals surface area contributed by atoms with E-state index >= 15 is 0 Å². The van der Waals surface area contributed by atoms with Crippen LogP contribution >= 0.6 is 23.1 Å². The number of methoxy groups -OCH3 is 1. The summed E-state index contributed by atoms with van der Waals surface area (Å²) in [5, 5.41) is 13.1. The van der Waals surface area contributed by atoms with Gasteiger partial charge in [0.15, 0.2) is 11.0 Å². The molecule has 4 aromatic rings. The van der Waals surface area contributed by atoms with Crippen molar-refractivity contribution < 1.29 is 9.15 Å².